The van der Waals surface area contributed by atoms with Crippen molar-refractivity contribution < 1.29 is 9.18 Å². The molecule has 0 amide bonds. The van der Waals surface area contributed by atoms with Crippen LogP contribution < -0.4 is 5.73 Å². The minimum absolute atomic E-state index is 0.0205. The Balaban J connectivity index is 2.03. The van der Waals surface area contributed by atoms with Crippen LogP contribution in [-0.2, 0) is 11.2 Å². The van der Waals surface area contributed by atoms with E-state index in [1.807, 2.05) is 0 Å². The first-order valence-electron chi connectivity index (χ1n) is 6.21. The number of benzene rings is 1. The molecule has 0 radical (unpaired) electrons. The molecule has 1 aromatic carbocycles. The first kappa shape index (κ1) is 13.5. The molecule has 0 atom stereocenters. The number of carbonyl (C=O) groups excluding carboxylic acids is 1. The summed E-state index contributed by atoms with van der Waals surface area (Å²) >= 11 is 5.91. The highest BCUT2D eigenvalue weighted by molar-refractivity contribution is 6.31. The Morgan fingerprint density at radius 3 is 2.67 bits per heavy atom. The van der Waals surface area contributed by atoms with E-state index in [0.29, 0.717) is 23.6 Å². The van der Waals surface area contributed by atoms with Crippen LogP contribution in [0.1, 0.15) is 31.2 Å². The van der Waals surface area contributed by atoms with Crippen molar-refractivity contribution in [3.63, 3.8) is 0 Å². The second kappa shape index (κ2) is 5.37. The van der Waals surface area contributed by atoms with Crippen LogP contribution in [0, 0.1) is 11.2 Å². The van der Waals surface area contributed by atoms with Gasteiger partial charge in [0.25, 0.3) is 0 Å². The molecule has 2 N–H and O–H groups in total. The van der Waals surface area contributed by atoms with Gasteiger partial charge in [-0.15, -0.1) is 0 Å². The largest absolute Gasteiger partial charge is 0.330 e. The lowest BCUT2D eigenvalue weighted by molar-refractivity contribution is -0.122. The molecule has 1 aliphatic carbocycles. The Kier molecular flexibility index (Phi) is 4.03. The summed E-state index contributed by atoms with van der Waals surface area (Å²) in [6, 6.07) is 4.48. The van der Waals surface area contributed by atoms with Gasteiger partial charge in [0.2, 0.25) is 0 Å². The molecule has 1 fully saturated rings. The molecule has 0 aromatic heterocycles. The quantitative estimate of drug-likeness (QED) is 0.893. The topological polar surface area (TPSA) is 43.1 Å². The fourth-order valence-electron chi connectivity index (χ4n) is 2.51. The third kappa shape index (κ3) is 2.73. The highest BCUT2D eigenvalue weighted by atomic mass is 35.5. The van der Waals surface area contributed by atoms with Crippen molar-refractivity contribution in [2.75, 3.05) is 6.54 Å². The van der Waals surface area contributed by atoms with Crippen molar-refractivity contribution in [3.05, 3.63) is 34.6 Å². The fraction of sp³-hybridized carbons (Fsp3) is 0.500. The van der Waals surface area contributed by atoms with E-state index in [0.717, 1.165) is 19.3 Å². The van der Waals surface area contributed by atoms with E-state index in [1.165, 1.54) is 6.07 Å². The van der Waals surface area contributed by atoms with Gasteiger partial charge in [-0.1, -0.05) is 24.1 Å². The van der Waals surface area contributed by atoms with Gasteiger partial charge >= 0.3 is 0 Å². The second-order valence-electron chi connectivity index (χ2n) is 5.15. The van der Waals surface area contributed by atoms with Gasteiger partial charge in [-0.2, -0.15) is 0 Å². The lowest BCUT2D eigenvalue weighted by atomic mass is 9.65. The summed E-state index contributed by atoms with van der Waals surface area (Å²) in [5.74, 6) is -0.390. The lowest BCUT2D eigenvalue weighted by Gasteiger charge is -2.40. The molecule has 0 bridgehead atoms. The van der Waals surface area contributed by atoms with Gasteiger partial charge in [-0.25, -0.2) is 4.39 Å². The summed E-state index contributed by atoms with van der Waals surface area (Å²) < 4.78 is 13.6. The van der Waals surface area contributed by atoms with Crippen molar-refractivity contribution in [1.29, 1.82) is 0 Å². The minimum Gasteiger partial charge on any atom is -0.330 e. The van der Waals surface area contributed by atoms with Crippen LogP contribution >= 0.6 is 11.6 Å². The maximum Gasteiger partial charge on any atom is 0.138 e. The van der Waals surface area contributed by atoms with Gasteiger partial charge in [-0.05, 0) is 36.9 Å². The molecule has 0 spiro atoms. The number of carbonyl (C=O) groups is 1. The average molecular weight is 270 g/mol. The monoisotopic (exact) mass is 269 g/mol. The molecule has 98 valence electrons. The number of Topliss-reactive ketones (excluding diaryl/α,β-unsaturated/α-hetero) is 1. The van der Waals surface area contributed by atoms with Crippen molar-refractivity contribution in [1.82, 2.24) is 0 Å². The van der Waals surface area contributed by atoms with Crippen LogP contribution in [0.15, 0.2) is 18.2 Å². The summed E-state index contributed by atoms with van der Waals surface area (Å²) in [6.07, 6.45) is 3.63. The average Bonchev–Trinajstić information content (AvgIpc) is 2.29. The summed E-state index contributed by atoms with van der Waals surface area (Å²) in [4.78, 5) is 12.0. The van der Waals surface area contributed by atoms with Gasteiger partial charge in [-0.3, -0.25) is 4.79 Å². The zero-order valence-electron chi connectivity index (χ0n) is 10.2. The highest BCUT2D eigenvalue weighted by Gasteiger charge is 2.37. The standard InChI is InChI=1S/C14H17ClFNO/c15-12-3-1-4-13(16)11(12)7-10(18)8-14(9-17)5-2-6-14/h1,3-4H,2,5-9,17H2. The molecule has 2 nitrogen and oxygen atoms in total. The van der Waals surface area contributed by atoms with Crippen LogP contribution in [0.3, 0.4) is 0 Å². The molecule has 0 heterocycles. The van der Waals surface area contributed by atoms with Gasteiger partial charge in [0.1, 0.15) is 11.6 Å². The Morgan fingerprint density at radius 1 is 1.44 bits per heavy atom. The molecule has 1 aliphatic rings. The number of halogens is 2. The zero-order chi connectivity index (χ0) is 13.2. The molecular weight excluding hydrogens is 253 g/mol. The normalized spacial score (nSPS) is 17.3. The first-order chi connectivity index (χ1) is 8.56. The second-order valence-corrected chi connectivity index (χ2v) is 5.56. The van der Waals surface area contributed by atoms with Gasteiger partial charge < -0.3 is 5.73 Å². The molecule has 2 rings (SSSR count). The fourth-order valence-corrected chi connectivity index (χ4v) is 2.74. The Bertz CT molecular complexity index is 431. The van der Waals surface area contributed by atoms with Crippen molar-refractivity contribution in [3.8, 4) is 0 Å². The number of hydrogen-bond donors (Lipinski definition) is 1. The molecule has 1 saturated carbocycles. The van der Waals surface area contributed by atoms with Gasteiger partial charge in [0.05, 0.1) is 0 Å². The molecule has 1 aromatic rings. The SMILES string of the molecule is NCC1(CC(=O)Cc2c(F)cccc2Cl)CCC1. The summed E-state index contributed by atoms with van der Waals surface area (Å²) in [5, 5.41) is 0.318. The smallest absolute Gasteiger partial charge is 0.138 e. The Labute approximate surface area is 111 Å². The van der Waals surface area contributed by atoms with Crippen LogP contribution in [0.5, 0.6) is 0 Å². The Morgan fingerprint density at radius 2 is 2.17 bits per heavy atom. The number of ketones is 1. The predicted octanol–water partition coefficient (Wildman–Crippen LogP) is 3.11. The summed E-state index contributed by atoms with van der Waals surface area (Å²) in [5.41, 5.74) is 5.99. The Hall–Kier alpha value is -0.930. The number of nitrogens with two attached hydrogens (primary N) is 1. The van der Waals surface area contributed by atoms with Crippen molar-refractivity contribution in [2.24, 2.45) is 11.1 Å². The van der Waals surface area contributed by atoms with E-state index in [1.54, 1.807) is 12.1 Å². The van der Waals surface area contributed by atoms with Crippen LogP contribution in [-0.4, -0.2) is 12.3 Å². The maximum atomic E-state index is 13.6. The minimum atomic E-state index is -0.411. The molecule has 0 saturated heterocycles. The van der Waals surface area contributed by atoms with Crippen molar-refractivity contribution >= 4 is 17.4 Å². The number of hydrogen-bond acceptors (Lipinski definition) is 2. The van der Waals surface area contributed by atoms with E-state index in [2.05, 4.69) is 0 Å². The van der Waals surface area contributed by atoms with Crippen LogP contribution in [0.2, 0.25) is 5.02 Å². The van der Waals surface area contributed by atoms with Crippen LogP contribution in [0.4, 0.5) is 4.39 Å². The number of rotatable bonds is 5. The van der Waals surface area contributed by atoms with E-state index in [4.69, 9.17) is 17.3 Å². The summed E-state index contributed by atoms with van der Waals surface area (Å²) in [6.45, 7) is 0.531. The van der Waals surface area contributed by atoms with E-state index in [-0.39, 0.29) is 17.6 Å². The third-order valence-electron chi connectivity index (χ3n) is 3.86. The molecule has 18 heavy (non-hydrogen) atoms. The third-order valence-corrected chi connectivity index (χ3v) is 4.21. The summed E-state index contributed by atoms with van der Waals surface area (Å²) in [7, 11) is 0. The highest BCUT2D eigenvalue weighted by Crippen LogP contribution is 2.43. The van der Waals surface area contributed by atoms with E-state index in [9.17, 15) is 9.18 Å². The van der Waals surface area contributed by atoms with E-state index >= 15 is 0 Å². The molecule has 0 aliphatic heterocycles. The first-order valence-corrected chi connectivity index (χ1v) is 6.59. The van der Waals surface area contributed by atoms with E-state index < -0.39 is 5.82 Å². The van der Waals surface area contributed by atoms with Crippen LogP contribution in [0.25, 0.3) is 0 Å². The molecular formula is C14H17ClFNO. The van der Waals surface area contributed by atoms with Gasteiger partial charge in [0, 0.05) is 23.4 Å². The van der Waals surface area contributed by atoms with Gasteiger partial charge in [0.15, 0.2) is 0 Å². The molecule has 4 heteroatoms. The maximum absolute atomic E-state index is 13.6. The van der Waals surface area contributed by atoms with Crippen molar-refractivity contribution in [2.45, 2.75) is 32.1 Å². The lowest BCUT2D eigenvalue weighted by Crippen LogP contribution is -2.39. The molecule has 0 unspecified atom stereocenters. The zero-order valence-corrected chi connectivity index (χ0v) is 11.0. The predicted molar refractivity (Wildman–Crippen MR) is 70.1 cm³/mol.